The van der Waals surface area contributed by atoms with Crippen molar-refractivity contribution in [2.75, 3.05) is 38.1 Å². The highest BCUT2D eigenvalue weighted by Crippen LogP contribution is 2.30. The number of morpholine rings is 1. The van der Waals surface area contributed by atoms with Gasteiger partial charge < -0.3 is 19.9 Å². The number of pyridine rings is 1. The van der Waals surface area contributed by atoms with Crippen LogP contribution in [0.15, 0.2) is 36.7 Å². The van der Waals surface area contributed by atoms with E-state index in [1.165, 1.54) is 6.07 Å². The molecule has 0 bridgehead atoms. The standard InChI is InChI=1S/C30H36F4N8O/c1-18(2)42-19(3)38-28-22(31)11-21(12-24(28)42)27-23(32)14-37-29(40-27)39-26-6-5-20(13-36-26)16-41-9-10-43-30(4,17-41)7-8-35-15-25(33)34/h5-6,11-14,18,25,35H,7-10,15-17H2,1-4H3,(H,36,37,39,40)/t30-/m1/s1. The fraction of sp³-hybridized carbons (Fsp3) is 0.467. The average molecular weight is 601 g/mol. The molecule has 230 valence electrons. The molecule has 5 rings (SSSR count). The van der Waals surface area contributed by atoms with E-state index in [-0.39, 0.29) is 35.3 Å². The maximum Gasteiger partial charge on any atom is 0.250 e. The van der Waals surface area contributed by atoms with Gasteiger partial charge in [0.1, 0.15) is 22.9 Å². The van der Waals surface area contributed by atoms with Crippen LogP contribution in [0, 0.1) is 18.6 Å². The summed E-state index contributed by atoms with van der Waals surface area (Å²) in [6.45, 7) is 10.5. The SMILES string of the molecule is Cc1nc2c(F)cc(-c3nc(Nc4ccc(CN5CCO[C@](C)(CCNCC(F)F)C5)cn4)ncc3F)cc2n1C(C)C. The molecule has 1 saturated heterocycles. The summed E-state index contributed by atoms with van der Waals surface area (Å²) >= 11 is 0. The van der Waals surface area contributed by atoms with Gasteiger partial charge in [0.2, 0.25) is 5.95 Å². The number of ether oxygens (including phenoxy) is 1. The quantitative estimate of drug-likeness (QED) is 0.169. The average Bonchev–Trinajstić information content (AvgIpc) is 3.30. The first-order valence-corrected chi connectivity index (χ1v) is 14.3. The Bertz CT molecular complexity index is 1560. The molecule has 9 nitrogen and oxygen atoms in total. The maximum atomic E-state index is 15.0. The van der Waals surface area contributed by atoms with Crippen molar-refractivity contribution in [3.63, 3.8) is 0 Å². The highest BCUT2D eigenvalue weighted by atomic mass is 19.3. The lowest BCUT2D eigenvalue weighted by Crippen LogP contribution is -2.50. The summed E-state index contributed by atoms with van der Waals surface area (Å²) in [5, 5.41) is 5.77. The van der Waals surface area contributed by atoms with E-state index in [0.717, 1.165) is 18.3 Å². The third kappa shape index (κ3) is 7.28. The molecule has 43 heavy (non-hydrogen) atoms. The Labute approximate surface area is 247 Å². The molecule has 4 aromatic rings. The highest BCUT2D eigenvalue weighted by molar-refractivity contribution is 5.83. The number of nitrogens with zero attached hydrogens (tertiary/aromatic N) is 6. The van der Waals surface area contributed by atoms with Gasteiger partial charge in [0, 0.05) is 37.4 Å². The highest BCUT2D eigenvalue weighted by Gasteiger charge is 2.31. The molecule has 13 heteroatoms. The zero-order chi connectivity index (χ0) is 30.7. The number of alkyl halides is 2. The van der Waals surface area contributed by atoms with Crippen molar-refractivity contribution < 1.29 is 22.3 Å². The van der Waals surface area contributed by atoms with E-state index < -0.39 is 23.7 Å². The van der Waals surface area contributed by atoms with Crippen LogP contribution in [0.2, 0.25) is 0 Å². The van der Waals surface area contributed by atoms with Gasteiger partial charge in [-0.1, -0.05) is 6.07 Å². The van der Waals surface area contributed by atoms with Crippen LogP contribution in [-0.4, -0.2) is 74.2 Å². The molecule has 0 spiro atoms. The molecule has 1 aliphatic heterocycles. The lowest BCUT2D eigenvalue weighted by molar-refractivity contribution is -0.104. The van der Waals surface area contributed by atoms with Gasteiger partial charge in [0.05, 0.1) is 30.5 Å². The van der Waals surface area contributed by atoms with Crippen LogP contribution < -0.4 is 10.6 Å². The van der Waals surface area contributed by atoms with E-state index in [1.54, 1.807) is 18.3 Å². The third-order valence-electron chi connectivity index (χ3n) is 7.48. The third-order valence-corrected chi connectivity index (χ3v) is 7.48. The second kappa shape index (κ2) is 12.9. The minimum atomic E-state index is -2.37. The number of fused-ring (bicyclic) bond motifs is 1. The lowest BCUT2D eigenvalue weighted by atomic mass is 9.99. The molecule has 4 heterocycles. The summed E-state index contributed by atoms with van der Waals surface area (Å²) < 4.78 is 62.5. The van der Waals surface area contributed by atoms with Gasteiger partial charge in [-0.2, -0.15) is 0 Å². The van der Waals surface area contributed by atoms with Crippen LogP contribution in [0.1, 0.15) is 44.6 Å². The smallest absolute Gasteiger partial charge is 0.250 e. The van der Waals surface area contributed by atoms with Crippen LogP contribution in [0.3, 0.4) is 0 Å². The van der Waals surface area contributed by atoms with Gasteiger partial charge in [-0.3, -0.25) is 4.90 Å². The van der Waals surface area contributed by atoms with Crippen molar-refractivity contribution in [2.24, 2.45) is 0 Å². The van der Waals surface area contributed by atoms with Crippen LogP contribution in [0.25, 0.3) is 22.3 Å². The number of halogens is 4. The summed E-state index contributed by atoms with van der Waals surface area (Å²) in [6.07, 6.45) is 1.04. The number of aromatic nitrogens is 5. The van der Waals surface area contributed by atoms with Crippen LogP contribution >= 0.6 is 0 Å². The van der Waals surface area contributed by atoms with E-state index in [2.05, 4.69) is 35.5 Å². The molecule has 1 atom stereocenters. The molecule has 1 aliphatic rings. The first-order chi connectivity index (χ1) is 20.5. The van der Waals surface area contributed by atoms with Crippen molar-refractivity contribution in [1.29, 1.82) is 0 Å². The molecule has 0 unspecified atom stereocenters. The molecule has 0 aliphatic carbocycles. The molecule has 0 amide bonds. The van der Waals surface area contributed by atoms with Crippen molar-refractivity contribution in [1.82, 2.24) is 34.7 Å². The number of imidazole rings is 1. The zero-order valence-electron chi connectivity index (χ0n) is 24.7. The van der Waals surface area contributed by atoms with Crippen LogP contribution in [0.4, 0.5) is 29.3 Å². The Morgan fingerprint density at radius 2 is 1.88 bits per heavy atom. The fourth-order valence-corrected chi connectivity index (χ4v) is 5.52. The topological polar surface area (TPSA) is 93.0 Å². The van der Waals surface area contributed by atoms with Gasteiger partial charge in [-0.15, -0.1) is 0 Å². The zero-order valence-corrected chi connectivity index (χ0v) is 24.7. The van der Waals surface area contributed by atoms with Crippen molar-refractivity contribution in [2.45, 2.75) is 58.7 Å². The summed E-state index contributed by atoms with van der Waals surface area (Å²) in [6, 6.07) is 6.67. The molecule has 3 aromatic heterocycles. The van der Waals surface area contributed by atoms with Crippen LogP contribution in [0.5, 0.6) is 0 Å². The summed E-state index contributed by atoms with van der Waals surface area (Å²) in [5.41, 5.74) is 1.59. The number of hydrogen-bond donors (Lipinski definition) is 2. The molecular weight excluding hydrogens is 564 g/mol. The van der Waals surface area contributed by atoms with E-state index in [1.807, 2.05) is 38.3 Å². The van der Waals surface area contributed by atoms with Crippen molar-refractivity contribution in [3.8, 4) is 11.3 Å². The summed E-state index contributed by atoms with van der Waals surface area (Å²) in [4.78, 5) is 19.4. The Hall–Kier alpha value is -3.68. The lowest BCUT2D eigenvalue weighted by Gasteiger charge is -2.40. The van der Waals surface area contributed by atoms with Gasteiger partial charge in [0.25, 0.3) is 6.43 Å². The Morgan fingerprint density at radius 1 is 1.07 bits per heavy atom. The minimum Gasteiger partial charge on any atom is -0.373 e. The predicted octanol–water partition coefficient (Wildman–Crippen LogP) is 5.64. The molecule has 0 saturated carbocycles. The van der Waals surface area contributed by atoms with Gasteiger partial charge in [-0.05, 0) is 64.4 Å². The molecule has 1 fully saturated rings. The summed E-state index contributed by atoms with van der Waals surface area (Å²) in [7, 11) is 0. The van der Waals surface area contributed by atoms with Crippen molar-refractivity contribution >= 4 is 22.8 Å². The first kappa shape index (κ1) is 30.8. The molecule has 0 radical (unpaired) electrons. The summed E-state index contributed by atoms with van der Waals surface area (Å²) in [5.74, 6) is 0.0260. The number of hydrogen-bond acceptors (Lipinski definition) is 8. The molecular formula is C30H36F4N8O. The maximum absolute atomic E-state index is 15.0. The Morgan fingerprint density at radius 3 is 2.60 bits per heavy atom. The number of benzene rings is 1. The molecule has 1 aromatic carbocycles. The van der Waals surface area contributed by atoms with Crippen LogP contribution in [-0.2, 0) is 11.3 Å². The minimum absolute atomic E-state index is 0.0381. The second-order valence-electron chi connectivity index (χ2n) is 11.4. The largest absolute Gasteiger partial charge is 0.373 e. The number of aryl methyl sites for hydroxylation is 1. The molecule has 2 N–H and O–H groups in total. The van der Waals surface area contributed by atoms with E-state index in [9.17, 15) is 13.2 Å². The normalized spacial score (nSPS) is 17.8. The second-order valence-corrected chi connectivity index (χ2v) is 11.4. The van der Waals surface area contributed by atoms with E-state index in [0.29, 0.717) is 49.8 Å². The monoisotopic (exact) mass is 600 g/mol. The number of nitrogens with one attached hydrogen (secondary N) is 2. The van der Waals surface area contributed by atoms with E-state index in [4.69, 9.17) is 4.74 Å². The van der Waals surface area contributed by atoms with Gasteiger partial charge in [-0.25, -0.2) is 37.5 Å². The predicted molar refractivity (Wildman–Crippen MR) is 156 cm³/mol. The Balaban J connectivity index is 1.26. The Kier molecular flexibility index (Phi) is 9.23. The van der Waals surface area contributed by atoms with Gasteiger partial charge >= 0.3 is 0 Å². The first-order valence-electron chi connectivity index (χ1n) is 14.3. The van der Waals surface area contributed by atoms with Crippen molar-refractivity contribution in [3.05, 3.63) is 59.7 Å². The number of anilines is 2. The fourth-order valence-electron chi connectivity index (χ4n) is 5.52. The van der Waals surface area contributed by atoms with E-state index >= 15 is 4.39 Å². The van der Waals surface area contributed by atoms with Gasteiger partial charge in [0.15, 0.2) is 11.6 Å². The number of rotatable bonds is 11.